The minimum Gasteiger partial charge on any atom is -0.370 e. The van der Waals surface area contributed by atoms with Crippen LogP contribution in [0.3, 0.4) is 0 Å². The van der Waals surface area contributed by atoms with Crippen molar-refractivity contribution >= 4 is 11.6 Å². The van der Waals surface area contributed by atoms with Crippen LogP contribution in [0.2, 0.25) is 0 Å². The van der Waals surface area contributed by atoms with Gasteiger partial charge in [0, 0.05) is 25.2 Å². The summed E-state index contributed by atoms with van der Waals surface area (Å²) in [5, 5.41) is 3.40. The summed E-state index contributed by atoms with van der Waals surface area (Å²) in [5.41, 5.74) is 1.29. The summed E-state index contributed by atoms with van der Waals surface area (Å²) in [6.07, 6.45) is 2.78. The highest BCUT2D eigenvalue weighted by atomic mass is 15.2. The van der Waals surface area contributed by atoms with E-state index in [1.807, 2.05) is 12.1 Å². The van der Waals surface area contributed by atoms with Gasteiger partial charge >= 0.3 is 0 Å². The molecule has 1 aromatic heterocycles. The zero-order valence-corrected chi connectivity index (χ0v) is 14.7. The summed E-state index contributed by atoms with van der Waals surface area (Å²) >= 11 is 0. The van der Waals surface area contributed by atoms with Gasteiger partial charge in [0.05, 0.1) is 0 Å². The van der Waals surface area contributed by atoms with Gasteiger partial charge in [0.25, 0.3) is 0 Å². The Kier molecular flexibility index (Phi) is 6.39. The van der Waals surface area contributed by atoms with Gasteiger partial charge in [0.2, 0.25) is 0 Å². The summed E-state index contributed by atoms with van der Waals surface area (Å²) in [6.45, 7) is 10.6. The summed E-state index contributed by atoms with van der Waals surface area (Å²) in [5.74, 6) is 2.55. The molecule has 1 N–H and O–H groups in total. The molecule has 0 amide bonds. The first-order chi connectivity index (χ1) is 11.1. The number of benzene rings is 1. The zero-order valence-electron chi connectivity index (χ0n) is 14.7. The fourth-order valence-electron chi connectivity index (χ4n) is 2.40. The Morgan fingerprint density at radius 1 is 1.04 bits per heavy atom. The van der Waals surface area contributed by atoms with Crippen molar-refractivity contribution in [3.8, 4) is 0 Å². The van der Waals surface area contributed by atoms with Gasteiger partial charge in [-0.05, 0) is 31.7 Å². The van der Waals surface area contributed by atoms with Gasteiger partial charge in [-0.2, -0.15) is 0 Å². The molecule has 0 saturated carbocycles. The molecule has 124 valence electrons. The average molecular weight is 312 g/mol. The van der Waals surface area contributed by atoms with E-state index in [0.717, 1.165) is 31.1 Å². The van der Waals surface area contributed by atoms with Gasteiger partial charge in [-0.1, -0.05) is 44.2 Å². The third-order valence-corrected chi connectivity index (χ3v) is 3.79. The maximum absolute atomic E-state index is 4.48. The second-order valence-corrected chi connectivity index (χ2v) is 6.58. The molecule has 1 heterocycles. The van der Waals surface area contributed by atoms with Crippen LogP contribution in [0.25, 0.3) is 0 Å². The smallest absolute Gasteiger partial charge is 0.134 e. The van der Waals surface area contributed by atoms with Crippen molar-refractivity contribution in [1.82, 2.24) is 9.97 Å². The van der Waals surface area contributed by atoms with Crippen molar-refractivity contribution < 1.29 is 0 Å². The second-order valence-electron chi connectivity index (χ2n) is 6.58. The monoisotopic (exact) mass is 312 g/mol. The maximum Gasteiger partial charge on any atom is 0.134 e. The van der Waals surface area contributed by atoms with Crippen molar-refractivity contribution in [2.24, 2.45) is 5.92 Å². The number of aromatic nitrogens is 2. The molecule has 0 aliphatic heterocycles. The van der Waals surface area contributed by atoms with Crippen LogP contribution in [-0.4, -0.2) is 22.6 Å². The molecule has 23 heavy (non-hydrogen) atoms. The highest BCUT2D eigenvalue weighted by molar-refractivity contribution is 5.49. The molecule has 0 aliphatic carbocycles. The van der Waals surface area contributed by atoms with Crippen LogP contribution in [0.5, 0.6) is 0 Å². The van der Waals surface area contributed by atoms with E-state index in [9.17, 15) is 0 Å². The van der Waals surface area contributed by atoms with Crippen LogP contribution in [0.4, 0.5) is 11.6 Å². The average Bonchev–Trinajstić information content (AvgIpc) is 2.53. The summed E-state index contributed by atoms with van der Waals surface area (Å²) in [4.78, 5) is 11.1. The number of anilines is 2. The van der Waals surface area contributed by atoms with Crippen molar-refractivity contribution in [3.05, 3.63) is 48.3 Å². The van der Waals surface area contributed by atoms with E-state index >= 15 is 0 Å². The van der Waals surface area contributed by atoms with Gasteiger partial charge in [0.15, 0.2) is 0 Å². The lowest BCUT2D eigenvalue weighted by atomic mass is 10.1. The molecule has 2 rings (SSSR count). The summed E-state index contributed by atoms with van der Waals surface area (Å²) < 4.78 is 0. The number of hydrogen-bond acceptors (Lipinski definition) is 4. The van der Waals surface area contributed by atoms with E-state index in [-0.39, 0.29) is 0 Å². The van der Waals surface area contributed by atoms with E-state index < -0.39 is 0 Å². The highest BCUT2D eigenvalue weighted by Crippen LogP contribution is 2.19. The van der Waals surface area contributed by atoms with E-state index in [2.05, 4.69) is 72.1 Å². The Labute approximate surface area is 140 Å². The van der Waals surface area contributed by atoms with Crippen molar-refractivity contribution in [3.63, 3.8) is 0 Å². The lowest BCUT2D eigenvalue weighted by Gasteiger charge is -2.28. The topological polar surface area (TPSA) is 41.0 Å². The third-order valence-electron chi connectivity index (χ3n) is 3.79. The first-order valence-electron chi connectivity index (χ1n) is 8.42. The Bertz CT molecular complexity index is 581. The quantitative estimate of drug-likeness (QED) is 0.787. The van der Waals surface area contributed by atoms with Gasteiger partial charge in [-0.15, -0.1) is 0 Å². The molecule has 0 aliphatic rings. The van der Waals surface area contributed by atoms with E-state index in [0.29, 0.717) is 12.0 Å². The minimum absolute atomic E-state index is 0.369. The maximum atomic E-state index is 4.48. The Hall–Kier alpha value is -2.10. The predicted molar refractivity (Wildman–Crippen MR) is 97.7 cm³/mol. The molecule has 2 aromatic rings. The fraction of sp³-hybridized carbons (Fsp3) is 0.474. The van der Waals surface area contributed by atoms with Crippen molar-refractivity contribution in [2.45, 2.75) is 46.7 Å². The molecule has 0 atom stereocenters. The standard InChI is InChI=1S/C19H28N4/c1-15(2)10-11-20-18-12-19(22-14-21-18)23(16(3)4)13-17-8-6-5-7-9-17/h5-9,12,14-16H,10-11,13H2,1-4H3,(H,20,21,22). The molecule has 0 saturated heterocycles. The normalized spacial score (nSPS) is 11.0. The predicted octanol–water partition coefficient (Wildman–Crippen LogP) is 4.35. The highest BCUT2D eigenvalue weighted by Gasteiger charge is 2.13. The Morgan fingerprint density at radius 3 is 2.43 bits per heavy atom. The van der Waals surface area contributed by atoms with Gasteiger partial charge in [-0.25, -0.2) is 9.97 Å². The summed E-state index contributed by atoms with van der Waals surface area (Å²) in [7, 11) is 0. The molecular weight excluding hydrogens is 284 g/mol. The molecular formula is C19H28N4. The van der Waals surface area contributed by atoms with Crippen LogP contribution >= 0.6 is 0 Å². The Balaban J connectivity index is 2.09. The molecule has 1 aromatic carbocycles. The largest absolute Gasteiger partial charge is 0.370 e. The van der Waals surface area contributed by atoms with Crippen LogP contribution in [-0.2, 0) is 6.54 Å². The summed E-state index contributed by atoms with van der Waals surface area (Å²) in [6, 6.07) is 12.9. The van der Waals surface area contributed by atoms with E-state index in [1.165, 1.54) is 5.56 Å². The lowest BCUT2D eigenvalue weighted by molar-refractivity contribution is 0.606. The van der Waals surface area contributed by atoms with Crippen LogP contribution in [0.1, 0.15) is 39.7 Å². The fourth-order valence-corrected chi connectivity index (χ4v) is 2.40. The van der Waals surface area contributed by atoms with Crippen LogP contribution < -0.4 is 10.2 Å². The van der Waals surface area contributed by atoms with Crippen molar-refractivity contribution in [2.75, 3.05) is 16.8 Å². The number of nitrogens with zero attached hydrogens (tertiary/aromatic N) is 3. The van der Waals surface area contributed by atoms with Gasteiger partial charge in [0.1, 0.15) is 18.0 Å². The second kappa shape index (κ2) is 8.51. The number of rotatable bonds is 8. The molecule has 0 unspecified atom stereocenters. The van der Waals surface area contributed by atoms with E-state index in [1.54, 1.807) is 6.33 Å². The van der Waals surface area contributed by atoms with Crippen molar-refractivity contribution in [1.29, 1.82) is 0 Å². The van der Waals surface area contributed by atoms with Gasteiger partial charge < -0.3 is 10.2 Å². The molecule has 4 nitrogen and oxygen atoms in total. The third kappa shape index (κ3) is 5.55. The Morgan fingerprint density at radius 2 is 1.78 bits per heavy atom. The minimum atomic E-state index is 0.369. The van der Waals surface area contributed by atoms with Crippen LogP contribution in [0.15, 0.2) is 42.7 Å². The lowest BCUT2D eigenvalue weighted by Crippen LogP contribution is -2.31. The van der Waals surface area contributed by atoms with Crippen LogP contribution in [0, 0.1) is 5.92 Å². The first-order valence-corrected chi connectivity index (χ1v) is 8.42. The zero-order chi connectivity index (χ0) is 16.7. The molecule has 0 bridgehead atoms. The molecule has 0 radical (unpaired) electrons. The van der Waals surface area contributed by atoms with Gasteiger partial charge in [-0.3, -0.25) is 0 Å². The van der Waals surface area contributed by atoms with E-state index in [4.69, 9.17) is 0 Å². The number of hydrogen-bond donors (Lipinski definition) is 1. The molecule has 0 spiro atoms. The first kappa shape index (κ1) is 17.3. The molecule has 4 heteroatoms. The molecule has 0 fully saturated rings. The number of nitrogens with one attached hydrogen (secondary N) is 1. The SMILES string of the molecule is CC(C)CCNc1cc(N(Cc2ccccc2)C(C)C)ncn1.